The maximum atomic E-state index is 11.9. The summed E-state index contributed by atoms with van der Waals surface area (Å²) in [5.41, 5.74) is 0. The Morgan fingerprint density at radius 2 is 1.94 bits per heavy atom. The van der Waals surface area contributed by atoms with Crippen molar-refractivity contribution in [2.24, 2.45) is 0 Å². The highest BCUT2D eigenvalue weighted by Gasteiger charge is 2.18. The zero-order valence-electron chi connectivity index (χ0n) is 9.60. The molecular weight excluding hydrogens is 242 g/mol. The average Bonchev–Trinajstić information content (AvgIpc) is 2.36. The van der Waals surface area contributed by atoms with Crippen molar-refractivity contribution < 1.29 is 17.9 Å². The predicted molar refractivity (Wildman–Crippen MR) is 63.2 cm³/mol. The van der Waals surface area contributed by atoms with Gasteiger partial charge in [0.25, 0.3) is 0 Å². The summed E-state index contributed by atoms with van der Waals surface area (Å²) < 4.78 is 34.5. The van der Waals surface area contributed by atoms with E-state index in [4.69, 9.17) is 9.47 Å². The molecule has 0 radical (unpaired) electrons. The summed E-state index contributed by atoms with van der Waals surface area (Å²) in [7, 11) is -3.30. The van der Waals surface area contributed by atoms with Crippen LogP contribution in [0.3, 0.4) is 0 Å². The minimum Gasteiger partial charge on any atom is -0.486 e. The SMILES string of the molecule is CCNCS(=O)(=O)c1ccc2c(c1)OCCO2. The maximum absolute atomic E-state index is 11.9. The molecule has 0 aliphatic carbocycles. The lowest BCUT2D eigenvalue weighted by Crippen LogP contribution is -2.23. The van der Waals surface area contributed by atoms with Gasteiger partial charge in [0.05, 0.1) is 4.90 Å². The predicted octanol–water partition coefficient (Wildman–Crippen LogP) is 0.798. The first-order valence-electron chi connectivity index (χ1n) is 5.46. The molecule has 0 spiro atoms. The lowest BCUT2D eigenvalue weighted by atomic mass is 10.3. The Bertz CT molecular complexity index is 498. The molecule has 0 atom stereocenters. The second kappa shape index (κ2) is 4.93. The van der Waals surface area contributed by atoms with E-state index >= 15 is 0 Å². The lowest BCUT2D eigenvalue weighted by Gasteiger charge is -2.18. The van der Waals surface area contributed by atoms with Crippen molar-refractivity contribution in [1.82, 2.24) is 5.32 Å². The van der Waals surface area contributed by atoms with E-state index in [-0.39, 0.29) is 10.8 Å². The van der Waals surface area contributed by atoms with Gasteiger partial charge in [0, 0.05) is 6.07 Å². The van der Waals surface area contributed by atoms with Crippen LogP contribution in [0, 0.1) is 0 Å². The van der Waals surface area contributed by atoms with E-state index in [0.717, 1.165) is 0 Å². The smallest absolute Gasteiger partial charge is 0.191 e. The van der Waals surface area contributed by atoms with Crippen molar-refractivity contribution in [3.8, 4) is 11.5 Å². The quantitative estimate of drug-likeness (QED) is 0.864. The van der Waals surface area contributed by atoms with Crippen LogP contribution in [0.4, 0.5) is 0 Å². The molecule has 0 aromatic heterocycles. The summed E-state index contributed by atoms with van der Waals surface area (Å²) in [6.07, 6.45) is 0. The van der Waals surface area contributed by atoms with E-state index < -0.39 is 9.84 Å². The highest BCUT2D eigenvalue weighted by molar-refractivity contribution is 7.91. The van der Waals surface area contributed by atoms with Crippen LogP contribution in [0.2, 0.25) is 0 Å². The Morgan fingerprint density at radius 1 is 1.24 bits per heavy atom. The van der Waals surface area contributed by atoms with Gasteiger partial charge in [0.15, 0.2) is 21.3 Å². The van der Waals surface area contributed by atoms with Gasteiger partial charge in [-0.15, -0.1) is 0 Å². The van der Waals surface area contributed by atoms with Crippen LogP contribution >= 0.6 is 0 Å². The van der Waals surface area contributed by atoms with E-state index in [2.05, 4.69) is 5.32 Å². The Balaban J connectivity index is 2.27. The van der Waals surface area contributed by atoms with E-state index in [0.29, 0.717) is 31.3 Å². The molecule has 6 heteroatoms. The molecule has 1 heterocycles. The molecule has 0 saturated heterocycles. The number of rotatable bonds is 4. The first-order chi connectivity index (χ1) is 8.13. The molecule has 1 aliphatic heterocycles. The average molecular weight is 257 g/mol. The fourth-order valence-electron chi connectivity index (χ4n) is 1.54. The van der Waals surface area contributed by atoms with Crippen molar-refractivity contribution in [3.63, 3.8) is 0 Å². The van der Waals surface area contributed by atoms with Crippen molar-refractivity contribution in [2.45, 2.75) is 11.8 Å². The van der Waals surface area contributed by atoms with Gasteiger partial charge in [-0.25, -0.2) is 8.42 Å². The van der Waals surface area contributed by atoms with Crippen molar-refractivity contribution >= 4 is 9.84 Å². The molecule has 2 rings (SSSR count). The Morgan fingerprint density at radius 3 is 2.65 bits per heavy atom. The molecule has 0 unspecified atom stereocenters. The molecule has 1 aromatic rings. The summed E-state index contributed by atoms with van der Waals surface area (Å²) in [5.74, 6) is 1.02. The van der Waals surface area contributed by atoms with Gasteiger partial charge in [0.2, 0.25) is 0 Å². The highest BCUT2D eigenvalue weighted by Crippen LogP contribution is 2.32. The van der Waals surface area contributed by atoms with E-state index in [1.54, 1.807) is 12.1 Å². The summed E-state index contributed by atoms with van der Waals surface area (Å²) >= 11 is 0. The van der Waals surface area contributed by atoms with Gasteiger partial charge >= 0.3 is 0 Å². The summed E-state index contributed by atoms with van der Waals surface area (Å²) in [4.78, 5) is 0.253. The summed E-state index contributed by atoms with van der Waals surface area (Å²) in [6.45, 7) is 3.42. The van der Waals surface area contributed by atoms with Crippen molar-refractivity contribution in [2.75, 3.05) is 25.6 Å². The number of sulfone groups is 1. The van der Waals surface area contributed by atoms with Crippen molar-refractivity contribution in [1.29, 1.82) is 0 Å². The fourth-order valence-corrected chi connectivity index (χ4v) is 2.74. The third-order valence-corrected chi connectivity index (χ3v) is 3.97. The first kappa shape index (κ1) is 12.2. The normalized spacial score (nSPS) is 14.6. The van der Waals surface area contributed by atoms with Crippen LogP contribution in [-0.4, -0.2) is 34.1 Å². The van der Waals surface area contributed by atoms with Gasteiger partial charge in [-0.1, -0.05) is 6.92 Å². The zero-order chi connectivity index (χ0) is 12.3. The topological polar surface area (TPSA) is 64.6 Å². The van der Waals surface area contributed by atoms with Crippen LogP contribution < -0.4 is 14.8 Å². The molecule has 94 valence electrons. The molecule has 5 nitrogen and oxygen atoms in total. The summed E-state index contributed by atoms with van der Waals surface area (Å²) in [6, 6.07) is 4.69. The standard InChI is InChI=1S/C11H15NO4S/c1-2-12-8-17(13,14)9-3-4-10-11(7-9)16-6-5-15-10/h3-4,7,12H,2,5-6,8H2,1H3. The highest BCUT2D eigenvalue weighted by atomic mass is 32.2. The molecule has 1 N–H and O–H groups in total. The van der Waals surface area contributed by atoms with Gasteiger partial charge in [-0.2, -0.15) is 0 Å². The van der Waals surface area contributed by atoms with Gasteiger partial charge in [-0.05, 0) is 18.7 Å². The molecule has 0 bridgehead atoms. The number of benzene rings is 1. The summed E-state index contributed by atoms with van der Waals surface area (Å²) in [5, 5.41) is 2.81. The fraction of sp³-hybridized carbons (Fsp3) is 0.455. The minimum absolute atomic E-state index is 0.0663. The van der Waals surface area contributed by atoms with E-state index in [1.807, 2.05) is 6.92 Å². The zero-order valence-corrected chi connectivity index (χ0v) is 10.4. The Kier molecular flexibility index (Phi) is 3.54. The van der Waals surface area contributed by atoms with E-state index in [1.165, 1.54) is 6.07 Å². The molecule has 0 saturated carbocycles. The monoisotopic (exact) mass is 257 g/mol. The molecule has 0 amide bonds. The lowest BCUT2D eigenvalue weighted by molar-refractivity contribution is 0.171. The second-order valence-electron chi connectivity index (χ2n) is 3.67. The van der Waals surface area contributed by atoms with Crippen LogP contribution in [-0.2, 0) is 9.84 Å². The van der Waals surface area contributed by atoms with Crippen LogP contribution in [0.5, 0.6) is 11.5 Å². The molecule has 1 aliphatic rings. The van der Waals surface area contributed by atoms with Gasteiger partial charge in [0.1, 0.15) is 19.1 Å². The number of hydrogen-bond donors (Lipinski definition) is 1. The van der Waals surface area contributed by atoms with E-state index in [9.17, 15) is 8.42 Å². The van der Waals surface area contributed by atoms with Crippen LogP contribution in [0.15, 0.2) is 23.1 Å². The maximum Gasteiger partial charge on any atom is 0.191 e. The minimum atomic E-state index is -3.30. The largest absolute Gasteiger partial charge is 0.486 e. The number of hydrogen-bond acceptors (Lipinski definition) is 5. The Labute approximate surface area is 101 Å². The number of ether oxygens (including phenoxy) is 2. The Hall–Kier alpha value is -1.27. The molecule has 1 aromatic carbocycles. The number of nitrogens with one attached hydrogen (secondary N) is 1. The first-order valence-corrected chi connectivity index (χ1v) is 7.12. The van der Waals surface area contributed by atoms with Gasteiger partial charge in [-0.3, -0.25) is 0 Å². The third-order valence-electron chi connectivity index (χ3n) is 2.41. The van der Waals surface area contributed by atoms with Crippen LogP contribution in [0.1, 0.15) is 6.92 Å². The molecule has 17 heavy (non-hydrogen) atoms. The molecule has 0 fully saturated rings. The molecular formula is C11H15NO4S. The third kappa shape index (κ3) is 2.70. The van der Waals surface area contributed by atoms with Gasteiger partial charge < -0.3 is 14.8 Å². The number of fused-ring (bicyclic) bond motifs is 1. The second-order valence-corrected chi connectivity index (χ2v) is 5.66. The van der Waals surface area contributed by atoms with Crippen molar-refractivity contribution in [3.05, 3.63) is 18.2 Å². The van der Waals surface area contributed by atoms with Crippen LogP contribution in [0.25, 0.3) is 0 Å².